The van der Waals surface area contributed by atoms with Gasteiger partial charge in [0.05, 0.1) is 13.6 Å². The molecule has 0 saturated heterocycles. The molecule has 0 atom stereocenters. The minimum absolute atomic E-state index is 0.134. The zero-order valence-electron chi connectivity index (χ0n) is 14.3. The summed E-state index contributed by atoms with van der Waals surface area (Å²) in [6.45, 7) is -6.35. The second-order valence-corrected chi connectivity index (χ2v) is 3.73. The highest BCUT2D eigenvalue weighted by Gasteiger charge is 2.21. The van der Waals surface area contributed by atoms with Crippen LogP contribution in [-0.4, -0.2) is 27.6 Å². The zero-order valence-corrected chi connectivity index (χ0v) is 9.34. The number of fused-ring (bicyclic) bond motifs is 2. The summed E-state index contributed by atoms with van der Waals surface area (Å²) in [4.78, 5) is 23.5. The quantitative estimate of drug-likeness (QED) is 0.867. The van der Waals surface area contributed by atoms with Gasteiger partial charge < -0.3 is 14.6 Å². The Morgan fingerprint density at radius 3 is 3.00 bits per heavy atom. The molecule has 0 saturated carbocycles. The molecule has 1 N–H and O–H groups in total. The van der Waals surface area contributed by atoms with E-state index in [0.29, 0.717) is 4.68 Å². The summed E-state index contributed by atoms with van der Waals surface area (Å²) in [7, 11) is 0. The van der Waals surface area contributed by atoms with E-state index in [1.165, 1.54) is 12.1 Å². The van der Waals surface area contributed by atoms with Crippen molar-refractivity contribution < 1.29 is 26.2 Å². The van der Waals surface area contributed by atoms with E-state index in [9.17, 15) is 9.59 Å². The summed E-state index contributed by atoms with van der Waals surface area (Å²) in [6.07, 6.45) is 0. The van der Waals surface area contributed by atoms with E-state index in [4.69, 9.17) is 21.4 Å². The molecule has 98 valence electrons. The molecule has 0 unspecified atom stereocenters. The van der Waals surface area contributed by atoms with Crippen LogP contribution >= 0.6 is 0 Å². The number of carboxylic acid groups (broad SMARTS) is 1. The van der Waals surface area contributed by atoms with Crippen LogP contribution in [0, 0.1) is 0 Å². The van der Waals surface area contributed by atoms with Gasteiger partial charge >= 0.3 is 5.97 Å². The van der Waals surface area contributed by atoms with E-state index in [1.807, 2.05) is 0 Å². The lowest BCUT2D eigenvalue weighted by atomic mass is 10.1. The van der Waals surface area contributed by atoms with Gasteiger partial charge in [-0.1, -0.05) is 0 Å². The highest BCUT2D eigenvalue weighted by molar-refractivity contribution is 5.91. The molecule has 1 aromatic carbocycles. The van der Waals surface area contributed by atoms with Crippen molar-refractivity contribution in [1.29, 1.82) is 0 Å². The largest absolute Gasteiger partial charge is 0.476 e. The number of aromatic nitrogens is 2. The van der Waals surface area contributed by atoms with Gasteiger partial charge in [-0.15, -0.1) is 0 Å². The first kappa shape index (κ1) is 7.13. The van der Waals surface area contributed by atoms with Gasteiger partial charge in [-0.05, 0) is 12.9 Å². The SMILES string of the molecule is [2H]C([2H])([2H])C([2H])([2H])n1nc(C(=O)O)c(=O)c2cc3c(cc21)OCO3. The molecule has 0 amide bonds. The molecular weight excluding hydrogens is 252 g/mol. The summed E-state index contributed by atoms with van der Waals surface area (Å²) in [5, 5.41) is 12.3. The molecule has 7 nitrogen and oxygen atoms in total. The molecule has 1 aliphatic rings. The molecule has 1 aliphatic heterocycles. The van der Waals surface area contributed by atoms with Gasteiger partial charge in [-0.3, -0.25) is 9.48 Å². The Kier molecular flexibility index (Phi) is 1.49. The average molecular weight is 267 g/mol. The number of ether oxygens (including phenoxy) is 2. The highest BCUT2D eigenvalue weighted by Crippen LogP contribution is 2.34. The lowest BCUT2D eigenvalue weighted by Gasteiger charge is -2.09. The van der Waals surface area contributed by atoms with Gasteiger partial charge in [0.15, 0.2) is 11.5 Å². The Morgan fingerprint density at radius 1 is 1.58 bits per heavy atom. The average Bonchev–Trinajstić information content (AvgIpc) is 2.91. The second kappa shape index (κ2) is 3.98. The van der Waals surface area contributed by atoms with E-state index >= 15 is 0 Å². The summed E-state index contributed by atoms with van der Waals surface area (Å²) in [5.41, 5.74) is -2.18. The van der Waals surface area contributed by atoms with Crippen molar-refractivity contribution in [3.05, 3.63) is 28.0 Å². The van der Waals surface area contributed by atoms with E-state index in [1.54, 1.807) is 0 Å². The maximum Gasteiger partial charge on any atom is 0.360 e. The first-order valence-corrected chi connectivity index (χ1v) is 5.14. The second-order valence-electron chi connectivity index (χ2n) is 3.73. The fraction of sp³-hybridized carbons (Fsp3) is 0.250. The van der Waals surface area contributed by atoms with Crippen molar-refractivity contribution in [2.75, 3.05) is 6.79 Å². The van der Waals surface area contributed by atoms with Gasteiger partial charge in [0, 0.05) is 16.7 Å². The molecule has 0 aliphatic carbocycles. The van der Waals surface area contributed by atoms with Gasteiger partial charge in [-0.25, -0.2) is 4.79 Å². The lowest BCUT2D eigenvalue weighted by Crippen LogP contribution is -2.22. The van der Waals surface area contributed by atoms with E-state index < -0.39 is 30.4 Å². The van der Waals surface area contributed by atoms with Crippen LogP contribution in [-0.2, 0) is 6.50 Å². The molecular formula is C12H10N2O5. The topological polar surface area (TPSA) is 90.7 Å². The van der Waals surface area contributed by atoms with Crippen molar-refractivity contribution in [2.24, 2.45) is 0 Å². The number of carboxylic acids is 1. The van der Waals surface area contributed by atoms with E-state index in [0.717, 1.165) is 0 Å². The minimum atomic E-state index is -3.16. The first-order chi connectivity index (χ1) is 11.0. The van der Waals surface area contributed by atoms with Crippen LogP contribution in [0.5, 0.6) is 11.5 Å². The third-order valence-electron chi connectivity index (χ3n) is 2.69. The fourth-order valence-electron chi connectivity index (χ4n) is 1.84. The summed E-state index contributed by atoms with van der Waals surface area (Å²) < 4.78 is 48.4. The number of nitrogens with zero attached hydrogens (tertiary/aromatic N) is 2. The Balaban J connectivity index is 2.46. The van der Waals surface area contributed by atoms with Crippen LogP contribution in [0.4, 0.5) is 0 Å². The molecule has 7 heteroatoms. The molecule has 0 radical (unpaired) electrons. The van der Waals surface area contributed by atoms with Gasteiger partial charge in [0.1, 0.15) is 0 Å². The zero-order chi connectivity index (χ0) is 17.9. The van der Waals surface area contributed by atoms with Crippen LogP contribution in [0.25, 0.3) is 10.9 Å². The van der Waals surface area contributed by atoms with Gasteiger partial charge in [-0.2, -0.15) is 5.10 Å². The monoisotopic (exact) mass is 267 g/mol. The molecule has 3 rings (SSSR count). The Labute approximate surface area is 114 Å². The van der Waals surface area contributed by atoms with E-state index in [-0.39, 0.29) is 29.2 Å². The molecule has 0 spiro atoms. The van der Waals surface area contributed by atoms with Crippen molar-refractivity contribution in [2.45, 2.75) is 13.3 Å². The smallest absolute Gasteiger partial charge is 0.360 e. The maximum atomic E-state index is 12.3. The summed E-state index contributed by atoms with van der Waals surface area (Å²) in [6, 6.07) is 2.38. The Bertz CT molecular complexity index is 921. The van der Waals surface area contributed by atoms with Crippen LogP contribution < -0.4 is 14.9 Å². The molecule has 0 fully saturated rings. The van der Waals surface area contributed by atoms with Gasteiger partial charge in [0.2, 0.25) is 17.9 Å². The molecule has 0 bridgehead atoms. The Hall–Kier alpha value is -2.57. The van der Waals surface area contributed by atoms with E-state index in [2.05, 4.69) is 5.10 Å². The molecule has 19 heavy (non-hydrogen) atoms. The number of hydrogen-bond acceptors (Lipinski definition) is 5. The molecule has 1 aromatic heterocycles. The van der Waals surface area contributed by atoms with Crippen LogP contribution in [0.15, 0.2) is 16.9 Å². The number of benzene rings is 1. The summed E-state index contributed by atoms with van der Waals surface area (Å²) in [5.74, 6) is -1.36. The summed E-state index contributed by atoms with van der Waals surface area (Å²) >= 11 is 0. The minimum Gasteiger partial charge on any atom is -0.476 e. The van der Waals surface area contributed by atoms with Crippen molar-refractivity contribution in [1.82, 2.24) is 9.78 Å². The van der Waals surface area contributed by atoms with Crippen molar-refractivity contribution >= 4 is 16.9 Å². The van der Waals surface area contributed by atoms with Crippen molar-refractivity contribution in [3.8, 4) is 11.5 Å². The van der Waals surface area contributed by atoms with Crippen LogP contribution in [0.2, 0.25) is 0 Å². The number of hydrogen-bond donors (Lipinski definition) is 1. The van der Waals surface area contributed by atoms with Crippen molar-refractivity contribution in [3.63, 3.8) is 0 Å². The number of carbonyl (C=O) groups is 1. The number of rotatable bonds is 2. The standard InChI is InChI=1S/C12H10N2O5/c1-2-14-7-4-9-8(18-5-19-9)3-6(7)11(15)10(13-14)12(16)17/h3-4H,2,5H2,1H3,(H,16,17)/i1D3,2D2. The third-order valence-corrected chi connectivity index (χ3v) is 2.69. The first-order valence-electron chi connectivity index (χ1n) is 7.64. The Morgan fingerprint density at radius 2 is 2.32 bits per heavy atom. The number of aryl methyl sites for hydroxylation is 1. The maximum absolute atomic E-state index is 12.3. The molecule has 2 heterocycles. The predicted octanol–water partition coefficient (Wildman–Crippen LogP) is 0.843. The highest BCUT2D eigenvalue weighted by atomic mass is 16.7. The predicted molar refractivity (Wildman–Crippen MR) is 64.8 cm³/mol. The van der Waals surface area contributed by atoms with Crippen LogP contribution in [0.3, 0.4) is 0 Å². The molecule has 2 aromatic rings. The lowest BCUT2D eigenvalue weighted by molar-refractivity contribution is 0.0686. The van der Waals surface area contributed by atoms with Crippen LogP contribution in [0.1, 0.15) is 24.2 Å². The normalized spacial score (nSPS) is 18.2. The fourth-order valence-corrected chi connectivity index (χ4v) is 1.84. The number of aromatic carboxylic acids is 1. The third kappa shape index (κ3) is 1.62. The van der Waals surface area contributed by atoms with Gasteiger partial charge in [0.25, 0.3) is 0 Å².